The Kier molecular flexibility index (Phi) is 3.14. The van der Waals surface area contributed by atoms with Gasteiger partial charge in [-0.05, 0) is 6.07 Å². The van der Waals surface area contributed by atoms with Crippen LogP contribution in [0, 0.1) is 15.9 Å². The minimum Gasteiger partial charge on any atom is -0.292 e. The van der Waals surface area contributed by atoms with Gasteiger partial charge in [0, 0.05) is 6.07 Å². The molecule has 0 N–H and O–H groups in total. The third-order valence-electron chi connectivity index (χ3n) is 1.59. The number of nitro groups is 1. The van der Waals surface area contributed by atoms with Crippen molar-refractivity contribution in [3.63, 3.8) is 0 Å². The maximum Gasteiger partial charge on any atom is 0.283 e. The van der Waals surface area contributed by atoms with Gasteiger partial charge in [0.05, 0.1) is 10.8 Å². The summed E-state index contributed by atoms with van der Waals surface area (Å²) in [7, 11) is 0. The lowest BCUT2D eigenvalue weighted by molar-refractivity contribution is -0.385. The molecule has 0 unspecified atom stereocenters. The molecule has 0 aliphatic rings. The van der Waals surface area contributed by atoms with Gasteiger partial charge < -0.3 is 0 Å². The largest absolute Gasteiger partial charge is 0.292 e. The van der Waals surface area contributed by atoms with Crippen LogP contribution in [0.2, 0.25) is 0 Å². The molecule has 1 aromatic rings. The van der Waals surface area contributed by atoms with Crippen molar-refractivity contribution in [1.29, 1.82) is 0 Å². The summed E-state index contributed by atoms with van der Waals surface area (Å²) in [4.78, 5) is 20.7. The molecule has 0 amide bonds. The Morgan fingerprint density at radius 2 is 2.21 bits per heavy atom. The zero-order valence-electron chi connectivity index (χ0n) is 6.87. The molecule has 0 aliphatic heterocycles. The molecule has 14 heavy (non-hydrogen) atoms. The second-order valence-electron chi connectivity index (χ2n) is 2.45. The monoisotopic (exact) mass is 217 g/mol. The van der Waals surface area contributed by atoms with Crippen LogP contribution >= 0.6 is 11.6 Å². The number of hydrogen-bond donors (Lipinski definition) is 0. The van der Waals surface area contributed by atoms with Gasteiger partial charge in [0.15, 0.2) is 5.78 Å². The van der Waals surface area contributed by atoms with E-state index in [0.29, 0.717) is 0 Å². The lowest BCUT2D eigenvalue weighted by Gasteiger charge is -2.00. The van der Waals surface area contributed by atoms with Crippen LogP contribution in [0.5, 0.6) is 0 Å². The molecule has 0 aromatic heterocycles. The number of rotatable bonds is 3. The zero-order chi connectivity index (χ0) is 10.7. The van der Waals surface area contributed by atoms with E-state index in [-0.39, 0.29) is 0 Å². The molecular formula is C8H5ClFNO3. The van der Waals surface area contributed by atoms with Crippen molar-refractivity contribution in [2.45, 2.75) is 0 Å². The predicted molar refractivity (Wildman–Crippen MR) is 48.1 cm³/mol. The highest BCUT2D eigenvalue weighted by Gasteiger charge is 2.23. The fourth-order valence-corrected chi connectivity index (χ4v) is 1.14. The predicted octanol–water partition coefficient (Wildman–Crippen LogP) is 2.16. The summed E-state index contributed by atoms with van der Waals surface area (Å²) in [5.41, 5.74) is -1.12. The molecule has 6 heteroatoms. The van der Waals surface area contributed by atoms with Crippen LogP contribution in [-0.2, 0) is 0 Å². The Bertz CT molecular complexity index is 394. The molecule has 0 spiro atoms. The van der Waals surface area contributed by atoms with E-state index in [2.05, 4.69) is 0 Å². The Balaban J connectivity index is 3.36. The number of alkyl halides is 1. The minimum absolute atomic E-state index is 0.484. The van der Waals surface area contributed by atoms with Crippen molar-refractivity contribution in [2.75, 3.05) is 5.88 Å². The van der Waals surface area contributed by atoms with E-state index in [1.807, 2.05) is 0 Å². The third kappa shape index (κ3) is 1.88. The quantitative estimate of drug-likeness (QED) is 0.337. The summed E-state index contributed by atoms with van der Waals surface area (Å²) in [6, 6.07) is 3.20. The second kappa shape index (κ2) is 4.15. The SMILES string of the molecule is O=C(CCl)c1c(F)cccc1[N+](=O)[O-]. The molecule has 74 valence electrons. The van der Waals surface area contributed by atoms with Crippen molar-refractivity contribution < 1.29 is 14.1 Å². The van der Waals surface area contributed by atoms with E-state index >= 15 is 0 Å². The molecule has 4 nitrogen and oxygen atoms in total. The molecule has 1 rings (SSSR count). The van der Waals surface area contributed by atoms with Gasteiger partial charge in [-0.1, -0.05) is 6.07 Å². The standard InChI is InChI=1S/C8H5ClFNO3/c9-4-7(12)8-5(10)2-1-3-6(8)11(13)14/h1-3H,4H2. The van der Waals surface area contributed by atoms with Crippen molar-refractivity contribution in [3.05, 3.63) is 39.7 Å². The Hall–Kier alpha value is -1.49. The van der Waals surface area contributed by atoms with Gasteiger partial charge in [-0.3, -0.25) is 14.9 Å². The third-order valence-corrected chi connectivity index (χ3v) is 1.83. The van der Waals surface area contributed by atoms with Gasteiger partial charge in [0.25, 0.3) is 5.69 Å². The molecule has 0 saturated carbocycles. The Morgan fingerprint density at radius 1 is 1.57 bits per heavy atom. The lowest BCUT2D eigenvalue weighted by atomic mass is 10.1. The van der Waals surface area contributed by atoms with Gasteiger partial charge in [-0.2, -0.15) is 0 Å². The van der Waals surface area contributed by atoms with Gasteiger partial charge in [-0.25, -0.2) is 4.39 Å². The second-order valence-corrected chi connectivity index (χ2v) is 2.72. The Morgan fingerprint density at radius 3 is 2.71 bits per heavy atom. The number of hydrogen-bond acceptors (Lipinski definition) is 3. The van der Waals surface area contributed by atoms with Crippen LogP contribution in [0.4, 0.5) is 10.1 Å². The van der Waals surface area contributed by atoms with Crippen LogP contribution < -0.4 is 0 Å². The highest BCUT2D eigenvalue weighted by atomic mass is 35.5. The molecule has 1 aromatic carbocycles. The first-order chi connectivity index (χ1) is 6.57. The van der Waals surface area contributed by atoms with Crippen LogP contribution in [0.3, 0.4) is 0 Å². The first kappa shape index (κ1) is 10.6. The number of carbonyl (C=O) groups is 1. The average Bonchev–Trinajstić information content (AvgIpc) is 2.16. The van der Waals surface area contributed by atoms with Gasteiger partial charge >= 0.3 is 0 Å². The fourth-order valence-electron chi connectivity index (χ4n) is 1.01. The molecule has 0 aliphatic carbocycles. The number of ketones is 1. The molecule has 0 atom stereocenters. The first-order valence-corrected chi connectivity index (χ1v) is 4.13. The van der Waals surface area contributed by atoms with Crippen molar-refractivity contribution >= 4 is 23.1 Å². The summed E-state index contributed by atoms with van der Waals surface area (Å²) in [5, 5.41) is 10.4. The van der Waals surface area contributed by atoms with Crippen molar-refractivity contribution in [2.24, 2.45) is 0 Å². The lowest BCUT2D eigenvalue weighted by Crippen LogP contribution is -2.07. The highest BCUT2D eigenvalue weighted by molar-refractivity contribution is 6.31. The van der Waals surface area contributed by atoms with Crippen molar-refractivity contribution in [1.82, 2.24) is 0 Å². The number of nitrogens with zero attached hydrogens (tertiary/aromatic N) is 1. The number of halogens is 2. The molecule has 0 radical (unpaired) electrons. The van der Waals surface area contributed by atoms with E-state index in [1.165, 1.54) is 6.07 Å². The first-order valence-electron chi connectivity index (χ1n) is 3.60. The normalized spacial score (nSPS) is 9.86. The zero-order valence-corrected chi connectivity index (χ0v) is 7.62. The maximum absolute atomic E-state index is 13.1. The Labute approximate surface area is 83.4 Å². The number of carbonyl (C=O) groups excluding carboxylic acids is 1. The van der Waals surface area contributed by atoms with Gasteiger partial charge in [-0.15, -0.1) is 11.6 Å². The maximum atomic E-state index is 13.1. The summed E-state index contributed by atoms with van der Waals surface area (Å²) in [6.07, 6.45) is 0. The van der Waals surface area contributed by atoms with Crippen LogP contribution in [0.15, 0.2) is 18.2 Å². The van der Waals surface area contributed by atoms with E-state index < -0.39 is 33.7 Å². The van der Waals surface area contributed by atoms with Crippen LogP contribution in [-0.4, -0.2) is 16.6 Å². The highest BCUT2D eigenvalue weighted by Crippen LogP contribution is 2.21. The molecule has 0 fully saturated rings. The van der Waals surface area contributed by atoms with Crippen LogP contribution in [0.1, 0.15) is 10.4 Å². The summed E-state index contributed by atoms with van der Waals surface area (Å²) in [5.74, 6) is -2.21. The topological polar surface area (TPSA) is 60.2 Å². The summed E-state index contributed by atoms with van der Waals surface area (Å²) in [6.45, 7) is 0. The molecule has 0 saturated heterocycles. The number of benzene rings is 1. The van der Waals surface area contributed by atoms with Crippen molar-refractivity contribution in [3.8, 4) is 0 Å². The van der Waals surface area contributed by atoms with Gasteiger partial charge in [0.1, 0.15) is 11.4 Å². The number of nitro benzene ring substituents is 1. The fraction of sp³-hybridized carbons (Fsp3) is 0.125. The molecule has 0 bridgehead atoms. The summed E-state index contributed by atoms with van der Waals surface area (Å²) >= 11 is 5.20. The van der Waals surface area contributed by atoms with Crippen LogP contribution in [0.25, 0.3) is 0 Å². The van der Waals surface area contributed by atoms with E-state index in [4.69, 9.17) is 11.6 Å². The molecule has 0 heterocycles. The van der Waals surface area contributed by atoms with E-state index in [1.54, 1.807) is 0 Å². The molecular weight excluding hydrogens is 213 g/mol. The summed E-state index contributed by atoms with van der Waals surface area (Å²) < 4.78 is 13.1. The smallest absolute Gasteiger partial charge is 0.283 e. The number of Topliss-reactive ketones (excluding diaryl/α,β-unsaturated/α-hetero) is 1. The van der Waals surface area contributed by atoms with E-state index in [9.17, 15) is 19.3 Å². The average molecular weight is 218 g/mol. The van der Waals surface area contributed by atoms with E-state index in [0.717, 1.165) is 12.1 Å². The minimum atomic E-state index is -0.926. The van der Waals surface area contributed by atoms with Gasteiger partial charge in [0.2, 0.25) is 0 Å².